The van der Waals surface area contributed by atoms with E-state index in [0.717, 1.165) is 24.8 Å². The third-order valence-electron chi connectivity index (χ3n) is 3.80. The minimum absolute atomic E-state index is 0.410. The maximum Gasteiger partial charge on any atom is 0.240 e. The maximum absolute atomic E-state index is 11.4. The zero-order valence-corrected chi connectivity index (χ0v) is 11.9. The lowest BCUT2D eigenvalue weighted by atomic mass is 10.0. The van der Waals surface area contributed by atoms with E-state index >= 15 is 0 Å². The van der Waals surface area contributed by atoms with Gasteiger partial charge in [0.2, 0.25) is 5.91 Å². The molecule has 1 aliphatic heterocycles. The van der Waals surface area contributed by atoms with Crippen molar-refractivity contribution < 1.29 is 4.79 Å². The highest BCUT2D eigenvalue weighted by atomic mass is 79.9. The summed E-state index contributed by atoms with van der Waals surface area (Å²) in [6.07, 6.45) is 2.61. The Morgan fingerprint density at radius 2 is 2.22 bits per heavy atom. The van der Waals surface area contributed by atoms with Crippen LogP contribution < -0.4 is 5.73 Å². The van der Waals surface area contributed by atoms with E-state index in [1.54, 1.807) is 6.92 Å². The zero-order valence-electron chi connectivity index (χ0n) is 10.3. The molecule has 1 aliphatic carbocycles. The molecular formula is C13H16BrN3O. The van der Waals surface area contributed by atoms with Gasteiger partial charge >= 0.3 is 0 Å². The van der Waals surface area contributed by atoms with E-state index in [9.17, 15) is 4.79 Å². The molecule has 5 heteroatoms. The van der Waals surface area contributed by atoms with Crippen molar-refractivity contribution >= 4 is 21.8 Å². The number of carbonyl (C=O) groups excluding carboxylic acids is 1. The van der Waals surface area contributed by atoms with Crippen LogP contribution in [-0.4, -0.2) is 21.8 Å². The van der Waals surface area contributed by atoms with E-state index in [4.69, 9.17) is 5.73 Å². The number of primary amides is 1. The quantitative estimate of drug-likeness (QED) is 0.864. The van der Waals surface area contributed by atoms with E-state index in [1.165, 1.54) is 18.4 Å². The summed E-state index contributed by atoms with van der Waals surface area (Å²) in [6.45, 7) is 3.64. The van der Waals surface area contributed by atoms with Crippen molar-refractivity contribution in [2.45, 2.75) is 43.2 Å². The number of amides is 1. The SMILES string of the molecule is CC(Br)(C(N)=O)c1ccc2c(n1)CN(C1CC1)C2. The molecule has 2 aliphatic rings. The summed E-state index contributed by atoms with van der Waals surface area (Å²) in [5, 5.41) is 0. The molecule has 0 saturated heterocycles. The van der Waals surface area contributed by atoms with Crippen LogP contribution in [0, 0.1) is 0 Å². The monoisotopic (exact) mass is 309 g/mol. The molecule has 0 spiro atoms. The minimum atomic E-state index is -0.880. The molecule has 2 N–H and O–H groups in total. The van der Waals surface area contributed by atoms with Gasteiger partial charge in [-0.1, -0.05) is 22.0 Å². The Morgan fingerprint density at radius 1 is 1.50 bits per heavy atom. The van der Waals surface area contributed by atoms with Crippen LogP contribution in [0.2, 0.25) is 0 Å². The first kappa shape index (κ1) is 12.1. The number of carbonyl (C=O) groups is 1. The van der Waals surface area contributed by atoms with Crippen molar-refractivity contribution in [1.82, 2.24) is 9.88 Å². The van der Waals surface area contributed by atoms with Crippen LogP contribution >= 0.6 is 15.9 Å². The van der Waals surface area contributed by atoms with Crippen LogP contribution in [0.25, 0.3) is 0 Å². The highest BCUT2D eigenvalue weighted by Gasteiger charge is 2.36. The average Bonchev–Trinajstić information content (AvgIpc) is 3.08. The highest BCUT2D eigenvalue weighted by molar-refractivity contribution is 9.10. The predicted molar refractivity (Wildman–Crippen MR) is 72.0 cm³/mol. The van der Waals surface area contributed by atoms with Crippen molar-refractivity contribution in [2.24, 2.45) is 5.73 Å². The molecule has 2 heterocycles. The van der Waals surface area contributed by atoms with Gasteiger partial charge < -0.3 is 5.73 Å². The first-order valence-electron chi connectivity index (χ1n) is 6.20. The molecule has 1 amide bonds. The Hall–Kier alpha value is -0.940. The van der Waals surface area contributed by atoms with Crippen molar-refractivity contribution in [2.75, 3.05) is 0 Å². The molecule has 1 fully saturated rings. The highest BCUT2D eigenvalue weighted by Crippen LogP contribution is 2.36. The van der Waals surface area contributed by atoms with E-state index < -0.39 is 10.2 Å². The Balaban J connectivity index is 1.89. The largest absolute Gasteiger partial charge is 0.368 e. The second-order valence-electron chi connectivity index (χ2n) is 5.31. The van der Waals surface area contributed by atoms with Gasteiger partial charge in [-0.2, -0.15) is 0 Å². The summed E-state index contributed by atoms with van der Waals surface area (Å²) < 4.78 is -0.880. The molecule has 3 rings (SSSR count). The van der Waals surface area contributed by atoms with Crippen molar-refractivity contribution in [1.29, 1.82) is 0 Å². The number of nitrogens with two attached hydrogens (primary N) is 1. The summed E-state index contributed by atoms with van der Waals surface area (Å²) in [5.74, 6) is -0.410. The van der Waals surface area contributed by atoms with Gasteiger partial charge in [-0.25, -0.2) is 0 Å². The number of nitrogens with zero attached hydrogens (tertiary/aromatic N) is 2. The van der Waals surface area contributed by atoms with Gasteiger partial charge in [0.1, 0.15) is 4.32 Å². The summed E-state index contributed by atoms with van der Waals surface area (Å²) in [7, 11) is 0. The number of hydrogen-bond donors (Lipinski definition) is 1. The van der Waals surface area contributed by atoms with E-state index in [0.29, 0.717) is 5.69 Å². The maximum atomic E-state index is 11.4. The molecule has 18 heavy (non-hydrogen) atoms. The average molecular weight is 310 g/mol. The first-order chi connectivity index (χ1) is 8.48. The van der Waals surface area contributed by atoms with Gasteiger partial charge in [0.25, 0.3) is 0 Å². The number of hydrogen-bond acceptors (Lipinski definition) is 3. The second-order valence-corrected chi connectivity index (χ2v) is 6.89. The Labute approximate surface area is 115 Å². The summed E-state index contributed by atoms with van der Waals surface area (Å²) >= 11 is 3.37. The fraction of sp³-hybridized carbons (Fsp3) is 0.538. The summed E-state index contributed by atoms with van der Waals surface area (Å²) in [4.78, 5) is 18.5. The van der Waals surface area contributed by atoms with E-state index in [-0.39, 0.29) is 0 Å². The fourth-order valence-corrected chi connectivity index (χ4v) is 2.58. The molecule has 0 radical (unpaired) electrons. The molecule has 1 atom stereocenters. The fourth-order valence-electron chi connectivity index (χ4n) is 2.36. The number of pyridine rings is 1. The topological polar surface area (TPSA) is 59.2 Å². The molecule has 1 aromatic rings. The molecule has 1 saturated carbocycles. The van der Waals surface area contributed by atoms with Crippen LogP contribution in [-0.2, 0) is 22.2 Å². The number of fused-ring (bicyclic) bond motifs is 1. The molecular weight excluding hydrogens is 294 g/mol. The minimum Gasteiger partial charge on any atom is -0.368 e. The summed E-state index contributed by atoms with van der Waals surface area (Å²) in [6, 6.07) is 4.71. The number of rotatable bonds is 3. The molecule has 0 aromatic carbocycles. The van der Waals surface area contributed by atoms with Crippen LogP contribution in [0.1, 0.15) is 36.7 Å². The first-order valence-corrected chi connectivity index (χ1v) is 7.00. The lowest BCUT2D eigenvalue weighted by molar-refractivity contribution is -0.120. The second kappa shape index (κ2) is 4.03. The summed E-state index contributed by atoms with van der Waals surface area (Å²) in [5.41, 5.74) is 8.46. The number of halogens is 1. The standard InChI is InChI=1S/C13H16BrN3O/c1-13(14,12(15)18)11-5-2-8-6-17(9-3-4-9)7-10(8)16-11/h2,5,9H,3-4,6-7H2,1H3,(H2,15,18). The third-order valence-corrected chi connectivity index (χ3v) is 4.60. The van der Waals surface area contributed by atoms with Crippen LogP contribution in [0.15, 0.2) is 12.1 Å². The van der Waals surface area contributed by atoms with Crippen molar-refractivity contribution in [3.05, 3.63) is 29.1 Å². The zero-order chi connectivity index (χ0) is 12.9. The van der Waals surface area contributed by atoms with Gasteiger partial charge in [-0.15, -0.1) is 0 Å². The molecule has 0 bridgehead atoms. The van der Waals surface area contributed by atoms with E-state index in [1.807, 2.05) is 6.07 Å². The van der Waals surface area contributed by atoms with Gasteiger partial charge in [0.05, 0.1) is 11.4 Å². The van der Waals surface area contributed by atoms with Gasteiger partial charge in [-0.05, 0) is 31.4 Å². The number of alkyl halides is 1. The van der Waals surface area contributed by atoms with E-state index in [2.05, 4.69) is 31.9 Å². The van der Waals surface area contributed by atoms with Crippen LogP contribution in [0.4, 0.5) is 0 Å². The van der Waals surface area contributed by atoms with Gasteiger partial charge in [-0.3, -0.25) is 14.7 Å². The van der Waals surface area contributed by atoms with Crippen molar-refractivity contribution in [3.8, 4) is 0 Å². The van der Waals surface area contributed by atoms with Crippen LogP contribution in [0.5, 0.6) is 0 Å². The molecule has 1 unspecified atom stereocenters. The lowest BCUT2D eigenvalue weighted by Crippen LogP contribution is -2.33. The predicted octanol–water partition coefficient (Wildman–Crippen LogP) is 1.66. The van der Waals surface area contributed by atoms with Gasteiger partial charge in [0, 0.05) is 19.1 Å². The smallest absolute Gasteiger partial charge is 0.240 e. The Bertz CT molecular complexity index is 511. The Morgan fingerprint density at radius 3 is 2.83 bits per heavy atom. The third kappa shape index (κ3) is 1.95. The molecule has 96 valence electrons. The Kier molecular flexibility index (Phi) is 2.71. The molecule has 1 aromatic heterocycles. The van der Waals surface area contributed by atoms with Gasteiger partial charge in [0.15, 0.2) is 0 Å². The normalized spacial score (nSPS) is 22.6. The molecule has 4 nitrogen and oxygen atoms in total. The van der Waals surface area contributed by atoms with Crippen molar-refractivity contribution in [3.63, 3.8) is 0 Å². The lowest BCUT2D eigenvalue weighted by Gasteiger charge is -2.18. The number of aromatic nitrogens is 1. The van der Waals surface area contributed by atoms with Crippen LogP contribution in [0.3, 0.4) is 0 Å².